The lowest BCUT2D eigenvalue weighted by atomic mass is 10.4. The summed E-state index contributed by atoms with van der Waals surface area (Å²) in [7, 11) is 0. The highest BCUT2D eigenvalue weighted by molar-refractivity contribution is 5.46. The predicted molar refractivity (Wildman–Crippen MR) is 71.4 cm³/mol. The minimum atomic E-state index is 0.376. The summed E-state index contributed by atoms with van der Waals surface area (Å²) in [4.78, 5) is 14.1. The average Bonchev–Trinajstić information content (AvgIpc) is 2.36. The van der Waals surface area contributed by atoms with Crippen LogP contribution in [0.25, 0.3) is 0 Å². The van der Waals surface area contributed by atoms with E-state index in [2.05, 4.69) is 31.8 Å². The lowest BCUT2D eigenvalue weighted by Gasteiger charge is -2.14. The van der Waals surface area contributed by atoms with Crippen molar-refractivity contribution < 1.29 is 0 Å². The van der Waals surface area contributed by atoms with Gasteiger partial charge in [0.05, 0.1) is 0 Å². The minimum absolute atomic E-state index is 0.376. The Balaban J connectivity index is 3.04. The second-order valence-corrected chi connectivity index (χ2v) is 3.59. The molecule has 0 aliphatic heterocycles. The first kappa shape index (κ1) is 14.0. The third kappa shape index (κ3) is 3.73. The van der Waals surface area contributed by atoms with Crippen LogP contribution in [0.2, 0.25) is 0 Å². The number of hydrogen-bond acceptors (Lipinski definition) is 7. The molecule has 0 fully saturated rings. The summed E-state index contributed by atoms with van der Waals surface area (Å²) in [5.74, 6) is 1.34. The number of nitrogens with one attached hydrogen (secondary N) is 2. The van der Waals surface area contributed by atoms with Gasteiger partial charge in [-0.3, -0.25) is 0 Å². The van der Waals surface area contributed by atoms with Crippen LogP contribution in [0.1, 0.15) is 27.2 Å². The molecule has 98 valence electrons. The zero-order valence-electron chi connectivity index (χ0n) is 11.1. The van der Waals surface area contributed by atoms with Gasteiger partial charge < -0.3 is 10.6 Å². The molecule has 1 aromatic heterocycles. The maximum Gasteiger partial charge on any atom is 0.245 e. The Kier molecular flexibility index (Phi) is 5.64. The van der Waals surface area contributed by atoms with Crippen LogP contribution in [0.4, 0.5) is 17.8 Å². The Bertz CT molecular complexity index is 388. The molecule has 0 saturated heterocycles. The van der Waals surface area contributed by atoms with E-state index in [0.717, 1.165) is 19.5 Å². The SMILES string of the molecule is CCCN(C#N)c1nc(NCC)nc(NCC)n1. The molecule has 0 atom stereocenters. The van der Waals surface area contributed by atoms with Gasteiger partial charge in [0.1, 0.15) is 0 Å². The van der Waals surface area contributed by atoms with E-state index in [0.29, 0.717) is 24.4 Å². The van der Waals surface area contributed by atoms with Gasteiger partial charge >= 0.3 is 0 Å². The molecule has 2 N–H and O–H groups in total. The van der Waals surface area contributed by atoms with Crippen LogP contribution in [-0.2, 0) is 0 Å². The minimum Gasteiger partial charge on any atom is -0.354 e. The molecule has 18 heavy (non-hydrogen) atoms. The molecule has 0 aliphatic carbocycles. The number of rotatable bonds is 7. The van der Waals surface area contributed by atoms with Crippen molar-refractivity contribution in [2.45, 2.75) is 27.2 Å². The highest BCUT2D eigenvalue weighted by atomic mass is 15.3. The van der Waals surface area contributed by atoms with Crippen molar-refractivity contribution in [1.82, 2.24) is 15.0 Å². The normalized spacial score (nSPS) is 9.67. The Morgan fingerprint density at radius 1 is 1.06 bits per heavy atom. The topological polar surface area (TPSA) is 89.8 Å². The maximum absolute atomic E-state index is 9.09. The number of anilines is 3. The zero-order valence-corrected chi connectivity index (χ0v) is 11.1. The molecule has 0 aliphatic rings. The number of hydrogen-bond donors (Lipinski definition) is 2. The second kappa shape index (κ2) is 7.27. The fraction of sp³-hybridized carbons (Fsp3) is 0.636. The molecule has 7 nitrogen and oxygen atoms in total. The van der Waals surface area contributed by atoms with E-state index < -0.39 is 0 Å². The van der Waals surface area contributed by atoms with E-state index in [-0.39, 0.29) is 0 Å². The molecule has 1 rings (SSSR count). The van der Waals surface area contributed by atoms with Crippen molar-refractivity contribution in [3.8, 4) is 6.19 Å². The lowest BCUT2D eigenvalue weighted by Crippen LogP contribution is -2.22. The summed E-state index contributed by atoms with van der Waals surface area (Å²) in [6.45, 7) is 7.96. The summed E-state index contributed by atoms with van der Waals surface area (Å²) in [6.07, 6.45) is 2.94. The van der Waals surface area contributed by atoms with Crippen LogP contribution < -0.4 is 15.5 Å². The lowest BCUT2D eigenvalue weighted by molar-refractivity contribution is 0.844. The first-order valence-electron chi connectivity index (χ1n) is 6.16. The molecule has 1 aromatic rings. The Morgan fingerprint density at radius 2 is 1.61 bits per heavy atom. The Morgan fingerprint density at radius 3 is 2.00 bits per heavy atom. The summed E-state index contributed by atoms with van der Waals surface area (Å²) >= 11 is 0. The van der Waals surface area contributed by atoms with Crippen molar-refractivity contribution in [3.05, 3.63) is 0 Å². The molecule has 1 heterocycles. The highest BCUT2D eigenvalue weighted by Gasteiger charge is 2.12. The first-order chi connectivity index (χ1) is 8.74. The van der Waals surface area contributed by atoms with E-state index in [1.54, 1.807) is 0 Å². The molecule has 7 heteroatoms. The average molecular weight is 249 g/mol. The van der Waals surface area contributed by atoms with Crippen molar-refractivity contribution in [3.63, 3.8) is 0 Å². The van der Waals surface area contributed by atoms with Crippen LogP contribution in [0, 0.1) is 11.5 Å². The molecule has 0 saturated carbocycles. The van der Waals surface area contributed by atoms with E-state index in [9.17, 15) is 0 Å². The van der Waals surface area contributed by atoms with E-state index >= 15 is 0 Å². The number of nitrogens with zero attached hydrogens (tertiary/aromatic N) is 5. The fourth-order valence-corrected chi connectivity index (χ4v) is 1.38. The van der Waals surface area contributed by atoms with Crippen molar-refractivity contribution >= 4 is 17.8 Å². The third-order valence-corrected chi connectivity index (χ3v) is 2.10. The first-order valence-corrected chi connectivity index (χ1v) is 6.16. The van der Waals surface area contributed by atoms with Crippen molar-refractivity contribution in [2.75, 3.05) is 35.2 Å². The van der Waals surface area contributed by atoms with Gasteiger partial charge in [0.2, 0.25) is 17.8 Å². The van der Waals surface area contributed by atoms with Crippen LogP contribution >= 0.6 is 0 Å². The van der Waals surface area contributed by atoms with Crippen LogP contribution in [0.3, 0.4) is 0 Å². The molecule has 0 radical (unpaired) electrons. The summed E-state index contributed by atoms with van der Waals surface area (Å²) in [5.41, 5.74) is 0. The maximum atomic E-state index is 9.09. The van der Waals surface area contributed by atoms with Crippen molar-refractivity contribution in [1.29, 1.82) is 5.26 Å². The molecular formula is C11H19N7. The second-order valence-electron chi connectivity index (χ2n) is 3.59. The standard InChI is InChI=1S/C11H19N7/c1-4-7-18(8-12)11-16-9(13-5-2)15-10(17-11)14-6-3/h4-7H2,1-3H3,(H2,13,14,15,16,17). The third-order valence-electron chi connectivity index (χ3n) is 2.10. The van der Waals surface area contributed by atoms with Gasteiger partial charge in [-0.1, -0.05) is 6.92 Å². The quantitative estimate of drug-likeness (QED) is 0.558. The van der Waals surface area contributed by atoms with E-state index in [4.69, 9.17) is 5.26 Å². The summed E-state index contributed by atoms with van der Waals surface area (Å²) in [5, 5.41) is 15.1. The Hall–Kier alpha value is -2.10. The Labute approximate surface area is 107 Å². The molecule has 0 aromatic carbocycles. The number of aromatic nitrogens is 3. The molecular weight excluding hydrogens is 230 g/mol. The fourth-order valence-electron chi connectivity index (χ4n) is 1.38. The number of nitriles is 1. The monoisotopic (exact) mass is 249 g/mol. The molecule has 0 spiro atoms. The van der Waals surface area contributed by atoms with Gasteiger partial charge in [-0.2, -0.15) is 20.2 Å². The summed E-state index contributed by atoms with van der Waals surface area (Å²) in [6, 6.07) is 0. The molecule has 0 bridgehead atoms. The van der Waals surface area contributed by atoms with Gasteiger partial charge in [0.25, 0.3) is 0 Å². The van der Waals surface area contributed by atoms with Gasteiger partial charge in [-0.05, 0) is 20.3 Å². The van der Waals surface area contributed by atoms with Crippen LogP contribution in [0.15, 0.2) is 0 Å². The van der Waals surface area contributed by atoms with Gasteiger partial charge in [0.15, 0.2) is 6.19 Å². The van der Waals surface area contributed by atoms with Crippen molar-refractivity contribution in [2.24, 2.45) is 0 Å². The van der Waals surface area contributed by atoms with E-state index in [1.807, 2.05) is 20.8 Å². The van der Waals surface area contributed by atoms with E-state index in [1.165, 1.54) is 4.90 Å². The zero-order chi connectivity index (χ0) is 13.4. The highest BCUT2D eigenvalue weighted by Crippen LogP contribution is 2.13. The van der Waals surface area contributed by atoms with Gasteiger partial charge in [0, 0.05) is 19.6 Å². The van der Waals surface area contributed by atoms with Gasteiger partial charge in [-0.25, -0.2) is 4.90 Å². The largest absolute Gasteiger partial charge is 0.354 e. The summed E-state index contributed by atoms with van der Waals surface area (Å²) < 4.78 is 0. The predicted octanol–water partition coefficient (Wildman–Crippen LogP) is 1.43. The molecule has 0 unspecified atom stereocenters. The van der Waals surface area contributed by atoms with Crippen LogP contribution in [-0.4, -0.2) is 34.6 Å². The molecule has 0 amide bonds. The smallest absolute Gasteiger partial charge is 0.245 e. The van der Waals surface area contributed by atoms with Gasteiger partial charge in [-0.15, -0.1) is 0 Å². The van der Waals surface area contributed by atoms with Crippen LogP contribution in [0.5, 0.6) is 0 Å².